The molecule has 0 saturated heterocycles. The predicted molar refractivity (Wildman–Crippen MR) is 70.3 cm³/mol. The van der Waals surface area contributed by atoms with Gasteiger partial charge in [-0.2, -0.15) is 0 Å². The molecule has 2 rings (SSSR count). The Balaban J connectivity index is 2.04. The van der Waals surface area contributed by atoms with Gasteiger partial charge in [0.1, 0.15) is 5.82 Å². The number of aromatic amines is 1. The lowest BCUT2D eigenvalue weighted by Gasteiger charge is -1.99. The average molecular weight is 232 g/mol. The van der Waals surface area contributed by atoms with E-state index < -0.39 is 0 Å². The maximum absolute atomic E-state index is 5.47. The zero-order valence-electron chi connectivity index (χ0n) is 10.6. The van der Waals surface area contributed by atoms with Gasteiger partial charge >= 0.3 is 0 Å². The third-order valence-electron chi connectivity index (χ3n) is 2.84. The number of fused-ring (bicyclic) bond motifs is 1. The smallest absolute Gasteiger partial charge is 0.109 e. The van der Waals surface area contributed by atoms with Crippen LogP contribution in [0.1, 0.15) is 31.7 Å². The van der Waals surface area contributed by atoms with Crippen LogP contribution in [0.3, 0.4) is 0 Å². The van der Waals surface area contributed by atoms with E-state index in [2.05, 4.69) is 42.0 Å². The zero-order chi connectivity index (χ0) is 12.1. The molecule has 1 aromatic carbocycles. The van der Waals surface area contributed by atoms with Crippen molar-refractivity contribution in [3.8, 4) is 0 Å². The largest absolute Gasteiger partial charge is 0.381 e. The third-order valence-corrected chi connectivity index (χ3v) is 2.84. The number of benzene rings is 1. The lowest BCUT2D eigenvalue weighted by Crippen LogP contribution is -2.00. The van der Waals surface area contributed by atoms with Crippen molar-refractivity contribution in [1.29, 1.82) is 0 Å². The van der Waals surface area contributed by atoms with Gasteiger partial charge in [0.25, 0.3) is 0 Å². The van der Waals surface area contributed by atoms with Crippen molar-refractivity contribution < 1.29 is 4.74 Å². The monoisotopic (exact) mass is 232 g/mol. The second-order valence-corrected chi connectivity index (χ2v) is 4.25. The summed E-state index contributed by atoms with van der Waals surface area (Å²) in [4.78, 5) is 7.91. The Morgan fingerprint density at radius 1 is 1.24 bits per heavy atom. The molecule has 0 fully saturated rings. The minimum atomic E-state index is 0.744. The lowest BCUT2D eigenvalue weighted by molar-refractivity contribution is 0.137. The molecule has 17 heavy (non-hydrogen) atoms. The number of rotatable bonds is 6. The fraction of sp³-hybridized carbons (Fsp3) is 0.500. The van der Waals surface area contributed by atoms with Crippen molar-refractivity contribution in [2.45, 2.75) is 33.1 Å². The van der Waals surface area contributed by atoms with Crippen LogP contribution in [0, 0.1) is 0 Å². The Morgan fingerprint density at radius 3 is 2.88 bits per heavy atom. The molecule has 0 spiro atoms. The molecule has 1 aromatic heterocycles. The molecule has 0 amide bonds. The molecular weight excluding hydrogens is 212 g/mol. The van der Waals surface area contributed by atoms with Crippen LogP contribution in [-0.2, 0) is 17.6 Å². The molecule has 0 saturated carbocycles. The van der Waals surface area contributed by atoms with E-state index >= 15 is 0 Å². The summed E-state index contributed by atoms with van der Waals surface area (Å²) in [5.74, 6) is 1.02. The minimum absolute atomic E-state index is 0.744. The average Bonchev–Trinajstić information content (AvgIpc) is 2.76. The Bertz CT molecular complexity index is 476. The van der Waals surface area contributed by atoms with Crippen LogP contribution in [0.15, 0.2) is 18.2 Å². The predicted octanol–water partition coefficient (Wildman–Crippen LogP) is 3.09. The molecule has 0 unspecified atom stereocenters. The third kappa shape index (κ3) is 3.07. The van der Waals surface area contributed by atoms with Crippen LogP contribution >= 0.6 is 0 Å². The fourth-order valence-electron chi connectivity index (χ4n) is 1.86. The number of H-pyrrole nitrogens is 1. The summed E-state index contributed by atoms with van der Waals surface area (Å²) in [5, 5.41) is 0. The molecular formula is C14H20N2O. The van der Waals surface area contributed by atoms with Gasteiger partial charge in [0.15, 0.2) is 0 Å². The van der Waals surface area contributed by atoms with Crippen molar-refractivity contribution >= 4 is 11.0 Å². The molecule has 0 radical (unpaired) electrons. The molecule has 0 aliphatic heterocycles. The molecule has 1 N–H and O–H groups in total. The van der Waals surface area contributed by atoms with Gasteiger partial charge in [-0.1, -0.05) is 19.9 Å². The summed E-state index contributed by atoms with van der Waals surface area (Å²) >= 11 is 0. The number of hydrogen-bond donors (Lipinski definition) is 1. The molecule has 92 valence electrons. The highest BCUT2D eigenvalue weighted by Crippen LogP contribution is 2.14. The summed E-state index contributed by atoms with van der Waals surface area (Å²) < 4.78 is 5.47. The number of hydrogen-bond acceptors (Lipinski definition) is 2. The van der Waals surface area contributed by atoms with E-state index in [9.17, 15) is 0 Å². The van der Waals surface area contributed by atoms with E-state index in [-0.39, 0.29) is 0 Å². The van der Waals surface area contributed by atoms with Crippen molar-refractivity contribution in [2.24, 2.45) is 0 Å². The first-order valence-electron chi connectivity index (χ1n) is 6.38. The van der Waals surface area contributed by atoms with Gasteiger partial charge in [-0.25, -0.2) is 4.98 Å². The first-order valence-corrected chi connectivity index (χ1v) is 6.38. The van der Waals surface area contributed by atoms with Crippen LogP contribution < -0.4 is 0 Å². The Morgan fingerprint density at radius 2 is 2.12 bits per heavy atom. The molecule has 3 nitrogen and oxygen atoms in total. The second kappa shape index (κ2) is 5.82. The summed E-state index contributed by atoms with van der Waals surface area (Å²) in [6, 6.07) is 6.40. The van der Waals surface area contributed by atoms with Gasteiger partial charge in [-0.15, -0.1) is 0 Å². The first kappa shape index (κ1) is 12.1. The lowest BCUT2D eigenvalue weighted by atomic mass is 10.1. The van der Waals surface area contributed by atoms with Gasteiger partial charge < -0.3 is 9.72 Å². The maximum atomic E-state index is 5.47. The van der Waals surface area contributed by atoms with Crippen LogP contribution in [-0.4, -0.2) is 23.2 Å². The molecule has 3 heteroatoms. The van der Waals surface area contributed by atoms with Crippen molar-refractivity contribution in [2.75, 3.05) is 13.2 Å². The number of aromatic nitrogens is 2. The highest BCUT2D eigenvalue weighted by atomic mass is 16.5. The van der Waals surface area contributed by atoms with E-state index in [1.807, 2.05) is 0 Å². The molecule has 0 aliphatic rings. The Kier molecular flexibility index (Phi) is 4.15. The number of nitrogens with one attached hydrogen (secondary N) is 1. The Hall–Kier alpha value is -1.35. The van der Waals surface area contributed by atoms with Crippen molar-refractivity contribution in [1.82, 2.24) is 9.97 Å². The summed E-state index contributed by atoms with van der Waals surface area (Å²) in [5.41, 5.74) is 3.53. The quantitative estimate of drug-likeness (QED) is 0.777. The number of imidazole rings is 1. The minimum Gasteiger partial charge on any atom is -0.381 e. The van der Waals surface area contributed by atoms with Crippen LogP contribution in [0.4, 0.5) is 0 Å². The maximum Gasteiger partial charge on any atom is 0.109 e. The highest BCUT2D eigenvalue weighted by molar-refractivity contribution is 5.75. The van der Waals surface area contributed by atoms with Gasteiger partial charge in [0, 0.05) is 13.0 Å². The first-order chi connectivity index (χ1) is 8.33. The SMILES string of the molecule is CCCOCCc1nc2ccc(CC)cc2[nH]1. The fourth-order valence-corrected chi connectivity index (χ4v) is 1.86. The summed E-state index contributed by atoms with van der Waals surface area (Å²) in [6.07, 6.45) is 2.99. The van der Waals surface area contributed by atoms with Gasteiger partial charge in [-0.05, 0) is 30.5 Å². The molecule has 1 heterocycles. The van der Waals surface area contributed by atoms with Gasteiger partial charge in [-0.3, -0.25) is 0 Å². The topological polar surface area (TPSA) is 37.9 Å². The zero-order valence-corrected chi connectivity index (χ0v) is 10.6. The van der Waals surface area contributed by atoms with Crippen molar-refractivity contribution in [3.63, 3.8) is 0 Å². The number of ether oxygens (including phenoxy) is 1. The molecule has 0 aliphatic carbocycles. The van der Waals surface area contributed by atoms with E-state index in [1.54, 1.807) is 0 Å². The van der Waals surface area contributed by atoms with E-state index in [0.717, 1.165) is 49.3 Å². The highest BCUT2D eigenvalue weighted by Gasteiger charge is 2.03. The van der Waals surface area contributed by atoms with Crippen molar-refractivity contribution in [3.05, 3.63) is 29.6 Å². The number of aryl methyl sites for hydroxylation is 1. The molecule has 2 aromatic rings. The van der Waals surface area contributed by atoms with E-state index in [4.69, 9.17) is 4.74 Å². The van der Waals surface area contributed by atoms with E-state index in [0.29, 0.717) is 0 Å². The second-order valence-electron chi connectivity index (χ2n) is 4.25. The number of nitrogens with zero attached hydrogens (tertiary/aromatic N) is 1. The van der Waals surface area contributed by atoms with Crippen LogP contribution in [0.5, 0.6) is 0 Å². The molecule has 0 atom stereocenters. The summed E-state index contributed by atoms with van der Waals surface area (Å²) in [6.45, 7) is 5.86. The van der Waals surface area contributed by atoms with E-state index in [1.165, 1.54) is 5.56 Å². The molecule has 0 bridgehead atoms. The van der Waals surface area contributed by atoms with Crippen LogP contribution in [0.25, 0.3) is 11.0 Å². The van der Waals surface area contributed by atoms with Crippen LogP contribution in [0.2, 0.25) is 0 Å². The van der Waals surface area contributed by atoms with Gasteiger partial charge in [0.05, 0.1) is 17.6 Å². The van der Waals surface area contributed by atoms with Gasteiger partial charge in [0.2, 0.25) is 0 Å². The normalized spacial score (nSPS) is 11.2. The summed E-state index contributed by atoms with van der Waals surface area (Å²) in [7, 11) is 0. The Labute approximate surface area is 102 Å². The standard InChI is InChI=1S/C14H20N2O/c1-3-8-17-9-7-14-15-12-6-5-11(4-2)10-13(12)16-14/h5-6,10H,3-4,7-9H2,1-2H3,(H,15,16).